The van der Waals surface area contributed by atoms with Crippen molar-refractivity contribution in [1.82, 2.24) is 4.72 Å². The largest absolute Gasteiger partial charge is 0.397 e. The number of ether oxygens (including phenoxy) is 1. The van der Waals surface area contributed by atoms with Crippen LogP contribution in [0, 0.1) is 0 Å². The van der Waals surface area contributed by atoms with Gasteiger partial charge in [0.05, 0.1) is 30.8 Å². The van der Waals surface area contributed by atoms with Crippen molar-refractivity contribution in [2.75, 3.05) is 43.2 Å². The summed E-state index contributed by atoms with van der Waals surface area (Å²) in [5.74, 6) is -0.665. The first-order valence-corrected chi connectivity index (χ1v) is 8.00. The fourth-order valence-electron chi connectivity index (χ4n) is 1.99. The number of nitrogens with one attached hydrogen (secondary N) is 1. The van der Waals surface area contributed by atoms with Gasteiger partial charge in [-0.05, 0) is 18.2 Å². The second-order valence-corrected chi connectivity index (χ2v) is 6.32. The van der Waals surface area contributed by atoms with Crippen molar-refractivity contribution in [2.24, 2.45) is 0 Å². The number of carbonyl (C=O) groups excluding carboxylic acids is 1. The third-order valence-electron chi connectivity index (χ3n) is 2.92. The molecule has 2 rings (SSSR count). The standard InChI is InChI=1S/C12H17N3O4S/c1-20(17,18)14-12(16)9-2-3-10(13)11(8-9)15-4-6-19-7-5-15/h2-3,8H,4-7,13H2,1H3,(H,14,16). The molecule has 8 heteroatoms. The first kappa shape index (κ1) is 14.6. The maximum absolute atomic E-state index is 11.8. The summed E-state index contributed by atoms with van der Waals surface area (Å²) in [5, 5.41) is 0. The van der Waals surface area contributed by atoms with Crippen molar-refractivity contribution in [1.29, 1.82) is 0 Å². The van der Waals surface area contributed by atoms with Crippen LogP contribution >= 0.6 is 0 Å². The highest BCUT2D eigenvalue weighted by Crippen LogP contribution is 2.25. The quantitative estimate of drug-likeness (QED) is 0.749. The molecule has 110 valence electrons. The molecule has 1 aliphatic heterocycles. The molecule has 1 amide bonds. The van der Waals surface area contributed by atoms with Gasteiger partial charge in [-0.3, -0.25) is 4.79 Å². The topological polar surface area (TPSA) is 102 Å². The molecule has 0 aromatic heterocycles. The van der Waals surface area contributed by atoms with Crippen LogP contribution in [0.3, 0.4) is 0 Å². The van der Waals surface area contributed by atoms with Gasteiger partial charge in [-0.1, -0.05) is 0 Å². The van der Waals surface area contributed by atoms with E-state index in [0.29, 0.717) is 32.0 Å². The normalized spacial score (nSPS) is 15.9. The van der Waals surface area contributed by atoms with E-state index in [0.717, 1.165) is 11.9 Å². The summed E-state index contributed by atoms with van der Waals surface area (Å²) in [6, 6.07) is 4.70. The molecular formula is C12H17N3O4S. The van der Waals surface area contributed by atoms with Gasteiger partial charge in [0.25, 0.3) is 5.91 Å². The highest BCUT2D eigenvalue weighted by Gasteiger charge is 2.17. The van der Waals surface area contributed by atoms with Gasteiger partial charge >= 0.3 is 0 Å². The zero-order chi connectivity index (χ0) is 14.8. The number of amides is 1. The number of hydrogen-bond acceptors (Lipinski definition) is 6. The molecule has 1 saturated heterocycles. The third-order valence-corrected chi connectivity index (χ3v) is 3.48. The number of morpholine rings is 1. The van der Waals surface area contributed by atoms with Crippen molar-refractivity contribution in [3.63, 3.8) is 0 Å². The number of sulfonamides is 1. The van der Waals surface area contributed by atoms with Crippen molar-refractivity contribution >= 4 is 27.3 Å². The van der Waals surface area contributed by atoms with Crippen LogP contribution in [0.4, 0.5) is 11.4 Å². The minimum atomic E-state index is -3.58. The average Bonchev–Trinajstić information content (AvgIpc) is 2.38. The molecule has 0 radical (unpaired) electrons. The van der Waals surface area contributed by atoms with Gasteiger partial charge in [0.15, 0.2) is 0 Å². The van der Waals surface area contributed by atoms with Gasteiger partial charge in [-0.2, -0.15) is 0 Å². The van der Waals surface area contributed by atoms with E-state index in [4.69, 9.17) is 10.5 Å². The Morgan fingerprint density at radius 2 is 2.00 bits per heavy atom. The first-order chi connectivity index (χ1) is 9.37. The molecule has 0 unspecified atom stereocenters. The van der Waals surface area contributed by atoms with E-state index in [-0.39, 0.29) is 5.56 Å². The van der Waals surface area contributed by atoms with Crippen molar-refractivity contribution < 1.29 is 17.9 Å². The zero-order valence-electron chi connectivity index (χ0n) is 11.1. The number of nitrogens with zero attached hydrogens (tertiary/aromatic N) is 1. The van der Waals surface area contributed by atoms with Gasteiger partial charge < -0.3 is 15.4 Å². The fourth-order valence-corrected chi connectivity index (χ4v) is 2.44. The Kier molecular flexibility index (Phi) is 4.15. The van der Waals surface area contributed by atoms with Gasteiger partial charge in [0, 0.05) is 18.7 Å². The van der Waals surface area contributed by atoms with Gasteiger partial charge in [0.1, 0.15) is 0 Å². The van der Waals surface area contributed by atoms with Crippen molar-refractivity contribution in [3.8, 4) is 0 Å². The fraction of sp³-hybridized carbons (Fsp3) is 0.417. The Morgan fingerprint density at radius 3 is 2.60 bits per heavy atom. The SMILES string of the molecule is CS(=O)(=O)NC(=O)c1ccc(N)c(N2CCOCC2)c1. The predicted molar refractivity (Wildman–Crippen MR) is 76.2 cm³/mol. The lowest BCUT2D eigenvalue weighted by Crippen LogP contribution is -2.37. The Balaban J connectivity index is 2.26. The zero-order valence-corrected chi connectivity index (χ0v) is 11.9. The molecule has 0 saturated carbocycles. The van der Waals surface area contributed by atoms with Gasteiger partial charge in [-0.25, -0.2) is 13.1 Å². The summed E-state index contributed by atoms with van der Waals surface area (Å²) >= 11 is 0. The number of anilines is 2. The van der Waals surface area contributed by atoms with Crippen LogP contribution in [-0.4, -0.2) is 46.9 Å². The van der Waals surface area contributed by atoms with E-state index in [9.17, 15) is 13.2 Å². The lowest BCUT2D eigenvalue weighted by Gasteiger charge is -2.30. The highest BCUT2D eigenvalue weighted by atomic mass is 32.2. The molecule has 0 bridgehead atoms. The summed E-state index contributed by atoms with van der Waals surface area (Å²) < 4.78 is 29.4. The van der Waals surface area contributed by atoms with E-state index in [1.54, 1.807) is 12.1 Å². The molecule has 0 aliphatic carbocycles. The maximum atomic E-state index is 11.8. The molecule has 1 aromatic carbocycles. The molecule has 1 heterocycles. The van der Waals surface area contributed by atoms with Crippen LogP contribution in [0.1, 0.15) is 10.4 Å². The first-order valence-electron chi connectivity index (χ1n) is 6.11. The number of rotatable bonds is 3. The van der Waals surface area contributed by atoms with E-state index in [1.807, 2.05) is 9.62 Å². The Morgan fingerprint density at radius 1 is 1.35 bits per heavy atom. The van der Waals surface area contributed by atoms with Crippen LogP contribution in [0.5, 0.6) is 0 Å². The van der Waals surface area contributed by atoms with E-state index >= 15 is 0 Å². The molecule has 7 nitrogen and oxygen atoms in total. The van der Waals surface area contributed by atoms with Crippen LogP contribution in [0.2, 0.25) is 0 Å². The lowest BCUT2D eigenvalue weighted by molar-refractivity contribution is 0.0981. The highest BCUT2D eigenvalue weighted by molar-refractivity contribution is 7.89. The third kappa shape index (κ3) is 3.61. The summed E-state index contributed by atoms with van der Waals surface area (Å²) in [6.45, 7) is 2.56. The van der Waals surface area contributed by atoms with E-state index < -0.39 is 15.9 Å². The Hall–Kier alpha value is -1.80. The smallest absolute Gasteiger partial charge is 0.264 e. The number of nitrogen functional groups attached to an aromatic ring is 1. The van der Waals surface area contributed by atoms with Gasteiger partial charge in [0.2, 0.25) is 10.0 Å². The van der Waals surface area contributed by atoms with E-state index in [2.05, 4.69) is 0 Å². The summed E-state index contributed by atoms with van der Waals surface area (Å²) in [7, 11) is -3.58. The number of benzene rings is 1. The molecule has 1 aliphatic rings. The predicted octanol–water partition coefficient (Wildman–Crippen LogP) is -0.205. The molecular weight excluding hydrogens is 282 g/mol. The molecule has 20 heavy (non-hydrogen) atoms. The van der Waals surface area contributed by atoms with Crippen LogP contribution in [0.15, 0.2) is 18.2 Å². The molecule has 3 N–H and O–H groups in total. The number of hydrogen-bond donors (Lipinski definition) is 2. The van der Waals surface area contributed by atoms with Crippen molar-refractivity contribution in [2.45, 2.75) is 0 Å². The Labute approximate surface area is 117 Å². The molecule has 1 fully saturated rings. The molecule has 1 aromatic rings. The summed E-state index contributed by atoms with van der Waals surface area (Å²) in [4.78, 5) is 13.8. The minimum Gasteiger partial charge on any atom is -0.397 e. The van der Waals surface area contributed by atoms with Crippen LogP contribution in [0.25, 0.3) is 0 Å². The summed E-state index contributed by atoms with van der Waals surface area (Å²) in [6.07, 6.45) is 0.936. The van der Waals surface area contributed by atoms with Crippen molar-refractivity contribution in [3.05, 3.63) is 23.8 Å². The summed E-state index contributed by atoms with van der Waals surface area (Å²) in [5.41, 5.74) is 7.43. The van der Waals surface area contributed by atoms with E-state index in [1.165, 1.54) is 6.07 Å². The second kappa shape index (κ2) is 5.68. The lowest BCUT2D eigenvalue weighted by atomic mass is 10.1. The minimum absolute atomic E-state index is 0.256. The van der Waals surface area contributed by atoms with Crippen LogP contribution in [-0.2, 0) is 14.8 Å². The van der Waals surface area contributed by atoms with Gasteiger partial charge in [-0.15, -0.1) is 0 Å². The number of carbonyl (C=O) groups is 1. The van der Waals surface area contributed by atoms with Crippen LogP contribution < -0.4 is 15.4 Å². The Bertz CT molecular complexity index is 609. The number of nitrogens with two attached hydrogens (primary N) is 1. The maximum Gasteiger partial charge on any atom is 0.264 e. The molecule has 0 spiro atoms. The monoisotopic (exact) mass is 299 g/mol. The average molecular weight is 299 g/mol. The second-order valence-electron chi connectivity index (χ2n) is 4.58. The molecule has 0 atom stereocenters.